The first-order chi connectivity index (χ1) is 10.2. The molecule has 0 radical (unpaired) electrons. The predicted octanol–water partition coefficient (Wildman–Crippen LogP) is 3.39. The third-order valence-electron chi connectivity index (χ3n) is 3.02. The van der Waals surface area contributed by atoms with Gasteiger partial charge >= 0.3 is 6.03 Å². The van der Waals surface area contributed by atoms with E-state index in [4.69, 9.17) is 10.8 Å². The molecule has 3 N–H and O–H groups in total. The van der Waals surface area contributed by atoms with E-state index in [0.29, 0.717) is 0 Å². The van der Waals surface area contributed by atoms with Gasteiger partial charge in [0.1, 0.15) is 0 Å². The first-order valence-electron chi connectivity index (χ1n) is 6.75. The summed E-state index contributed by atoms with van der Waals surface area (Å²) in [4.78, 5) is 13.3. The zero-order valence-electron chi connectivity index (χ0n) is 11.9. The summed E-state index contributed by atoms with van der Waals surface area (Å²) in [6.07, 6.45) is 3.99. The van der Waals surface area contributed by atoms with Crippen molar-refractivity contribution in [1.29, 1.82) is 0 Å². The molecule has 0 unspecified atom stereocenters. The number of urea groups is 1. The van der Waals surface area contributed by atoms with Crippen LogP contribution in [-0.2, 0) is 0 Å². The van der Waals surface area contributed by atoms with E-state index in [2.05, 4.69) is 0 Å². The SMILES string of the molecule is CCO.NC(=O)N1c2ccccc2C=Cc2ccccc21. The minimum Gasteiger partial charge on any atom is -0.397 e. The van der Waals surface area contributed by atoms with Crippen LogP contribution in [0.2, 0.25) is 0 Å². The standard InChI is InChI=1S/C15H12N2O.C2H6O/c16-15(18)17-13-7-3-1-5-11(13)9-10-12-6-2-4-8-14(12)17;1-2-3/h1-10H,(H2,16,18);3H,2H2,1H3. The first kappa shape index (κ1) is 14.8. The normalized spacial score (nSPS) is 11.6. The first-order valence-corrected chi connectivity index (χ1v) is 6.75. The molecule has 1 aliphatic rings. The van der Waals surface area contributed by atoms with Crippen molar-refractivity contribution in [3.63, 3.8) is 0 Å². The molecule has 2 amide bonds. The third kappa shape index (κ3) is 3.12. The van der Waals surface area contributed by atoms with Gasteiger partial charge in [-0.1, -0.05) is 48.6 Å². The molecule has 0 bridgehead atoms. The predicted molar refractivity (Wildman–Crippen MR) is 86.3 cm³/mol. The fraction of sp³-hybridized carbons (Fsp3) is 0.118. The van der Waals surface area contributed by atoms with Crippen LogP contribution < -0.4 is 10.6 Å². The Balaban J connectivity index is 0.000000497. The molecule has 3 rings (SSSR count). The Morgan fingerprint density at radius 1 is 1.00 bits per heavy atom. The van der Waals surface area contributed by atoms with E-state index in [1.54, 1.807) is 11.8 Å². The number of nitrogens with two attached hydrogens (primary N) is 1. The number of aliphatic hydroxyl groups is 1. The van der Waals surface area contributed by atoms with Crippen LogP contribution in [0.15, 0.2) is 48.5 Å². The Kier molecular flexibility index (Phi) is 4.74. The Morgan fingerprint density at radius 3 is 1.76 bits per heavy atom. The second-order valence-corrected chi connectivity index (χ2v) is 4.44. The molecule has 4 nitrogen and oxygen atoms in total. The van der Waals surface area contributed by atoms with Crippen LogP contribution in [0.1, 0.15) is 18.1 Å². The minimum atomic E-state index is -0.474. The highest BCUT2D eigenvalue weighted by molar-refractivity contribution is 6.04. The van der Waals surface area contributed by atoms with Crippen molar-refractivity contribution in [2.24, 2.45) is 5.73 Å². The maximum Gasteiger partial charge on any atom is 0.323 e. The Labute approximate surface area is 124 Å². The molecule has 0 spiro atoms. The molecular formula is C17H18N2O2. The average molecular weight is 282 g/mol. The summed E-state index contributed by atoms with van der Waals surface area (Å²) in [5, 5.41) is 7.57. The van der Waals surface area contributed by atoms with E-state index in [-0.39, 0.29) is 6.61 Å². The summed E-state index contributed by atoms with van der Waals surface area (Å²) in [6, 6.07) is 14.9. The number of fused-ring (bicyclic) bond motifs is 2. The number of primary amides is 1. The molecule has 0 atom stereocenters. The van der Waals surface area contributed by atoms with E-state index < -0.39 is 6.03 Å². The van der Waals surface area contributed by atoms with Gasteiger partial charge in [0.2, 0.25) is 0 Å². The van der Waals surface area contributed by atoms with Crippen LogP contribution >= 0.6 is 0 Å². The molecule has 0 saturated carbocycles. The van der Waals surface area contributed by atoms with Gasteiger partial charge in [0.15, 0.2) is 0 Å². The van der Waals surface area contributed by atoms with Gasteiger partial charge in [-0.15, -0.1) is 0 Å². The number of amides is 2. The summed E-state index contributed by atoms with van der Waals surface area (Å²) in [5.74, 6) is 0. The molecule has 4 heteroatoms. The molecule has 0 aliphatic carbocycles. The summed E-state index contributed by atoms with van der Waals surface area (Å²) in [5.41, 5.74) is 9.11. The highest BCUT2D eigenvalue weighted by Gasteiger charge is 2.21. The number of para-hydroxylation sites is 2. The lowest BCUT2D eigenvalue weighted by atomic mass is 10.1. The second-order valence-electron chi connectivity index (χ2n) is 4.44. The summed E-state index contributed by atoms with van der Waals surface area (Å²) >= 11 is 0. The fourth-order valence-electron chi connectivity index (χ4n) is 2.21. The molecule has 108 valence electrons. The number of aliphatic hydroxyl groups excluding tert-OH is 1. The minimum absolute atomic E-state index is 0.250. The molecule has 1 heterocycles. The van der Waals surface area contributed by atoms with Crippen molar-refractivity contribution in [3.05, 3.63) is 59.7 Å². The van der Waals surface area contributed by atoms with Crippen molar-refractivity contribution in [3.8, 4) is 0 Å². The number of hydrogen-bond donors (Lipinski definition) is 2. The summed E-state index contributed by atoms with van der Waals surface area (Å²) in [6.45, 7) is 1.93. The lowest BCUT2D eigenvalue weighted by molar-refractivity contribution is 0.256. The van der Waals surface area contributed by atoms with Crippen molar-refractivity contribution < 1.29 is 9.90 Å². The molecular weight excluding hydrogens is 264 g/mol. The fourth-order valence-corrected chi connectivity index (χ4v) is 2.21. The second kappa shape index (κ2) is 6.72. The number of carbonyl (C=O) groups excluding carboxylic acids is 1. The topological polar surface area (TPSA) is 66.6 Å². The van der Waals surface area contributed by atoms with E-state index in [0.717, 1.165) is 22.5 Å². The zero-order valence-corrected chi connectivity index (χ0v) is 11.9. The van der Waals surface area contributed by atoms with Crippen molar-refractivity contribution >= 4 is 29.6 Å². The Bertz CT molecular complexity index is 616. The van der Waals surface area contributed by atoms with Crippen LogP contribution in [0, 0.1) is 0 Å². The molecule has 2 aromatic rings. The van der Waals surface area contributed by atoms with E-state index >= 15 is 0 Å². The summed E-state index contributed by atoms with van der Waals surface area (Å²) < 4.78 is 0. The number of anilines is 2. The van der Waals surface area contributed by atoms with Gasteiger partial charge in [0.05, 0.1) is 11.4 Å². The van der Waals surface area contributed by atoms with Crippen LogP contribution in [-0.4, -0.2) is 17.7 Å². The third-order valence-corrected chi connectivity index (χ3v) is 3.02. The largest absolute Gasteiger partial charge is 0.397 e. The molecule has 1 aliphatic heterocycles. The van der Waals surface area contributed by atoms with Crippen molar-refractivity contribution in [2.45, 2.75) is 6.92 Å². The number of benzene rings is 2. The maximum absolute atomic E-state index is 11.8. The van der Waals surface area contributed by atoms with Crippen LogP contribution in [0.25, 0.3) is 12.2 Å². The van der Waals surface area contributed by atoms with Gasteiger partial charge in [0.25, 0.3) is 0 Å². The van der Waals surface area contributed by atoms with Crippen LogP contribution in [0.5, 0.6) is 0 Å². The van der Waals surface area contributed by atoms with Gasteiger partial charge in [0, 0.05) is 6.61 Å². The molecule has 0 fully saturated rings. The van der Waals surface area contributed by atoms with E-state index in [1.165, 1.54) is 0 Å². The molecule has 21 heavy (non-hydrogen) atoms. The number of carbonyl (C=O) groups is 1. The average Bonchev–Trinajstić information content (AvgIpc) is 2.64. The van der Waals surface area contributed by atoms with Gasteiger partial charge < -0.3 is 10.8 Å². The zero-order chi connectivity index (χ0) is 15.2. The van der Waals surface area contributed by atoms with E-state index in [1.807, 2.05) is 60.7 Å². The highest BCUT2D eigenvalue weighted by Crippen LogP contribution is 2.35. The van der Waals surface area contributed by atoms with Gasteiger partial charge in [-0.2, -0.15) is 0 Å². The van der Waals surface area contributed by atoms with Gasteiger partial charge in [-0.05, 0) is 30.2 Å². The Morgan fingerprint density at radius 2 is 1.38 bits per heavy atom. The highest BCUT2D eigenvalue weighted by atomic mass is 16.2. The number of nitrogens with zero attached hydrogens (tertiary/aromatic N) is 1. The van der Waals surface area contributed by atoms with Crippen molar-refractivity contribution in [1.82, 2.24) is 0 Å². The maximum atomic E-state index is 11.8. The van der Waals surface area contributed by atoms with Crippen LogP contribution in [0.3, 0.4) is 0 Å². The summed E-state index contributed by atoms with van der Waals surface area (Å²) in [7, 11) is 0. The van der Waals surface area contributed by atoms with Crippen LogP contribution in [0.4, 0.5) is 16.2 Å². The smallest absolute Gasteiger partial charge is 0.323 e. The van der Waals surface area contributed by atoms with Crippen molar-refractivity contribution in [2.75, 3.05) is 11.5 Å². The monoisotopic (exact) mass is 282 g/mol. The Hall–Kier alpha value is -2.59. The lowest BCUT2D eigenvalue weighted by Crippen LogP contribution is -2.32. The number of hydrogen-bond acceptors (Lipinski definition) is 2. The molecule has 0 saturated heterocycles. The quantitative estimate of drug-likeness (QED) is 0.777. The lowest BCUT2D eigenvalue weighted by Gasteiger charge is -2.22. The van der Waals surface area contributed by atoms with Gasteiger partial charge in [-0.3, -0.25) is 4.90 Å². The molecule has 0 aromatic heterocycles. The number of rotatable bonds is 0. The van der Waals surface area contributed by atoms with E-state index in [9.17, 15) is 4.79 Å². The molecule has 2 aromatic carbocycles. The van der Waals surface area contributed by atoms with Gasteiger partial charge in [-0.25, -0.2) is 4.79 Å².